The zero-order chi connectivity index (χ0) is 12.8. The standard InChI is InChI=1S/C14H21FO/c1-12(2,3)10-9-14(15,13(4,5)6)8-7-11(10)16/h7-9H,1-6H3. The Bertz CT molecular complexity index is 363. The van der Waals surface area contributed by atoms with Gasteiger partial charge in [-0.05, 0) is 23.6 Å². The molecular formula is C14H21FO. The molecular weight excluding hydrogens is 203 g/mol. The van der Waals surface area contributed by atoms with Crippen molar-refractivity contribution in [1.82, 2.24) is 0 Å². The van der Waals surface area contributed by atoms with Crippen molar-refractivity contribution in [2.24, 2.45) is 10.8 Å². The highest BCUT2D eigenvalue weighted by Gasteiger charge is 2.42. The van der Waals surface area contributed by atoms with Crippen molar-refractivity contribution < 1.29 is 9.18 Å². The molecule has 16 heavy (non-hydrogen) atoms. The molecule has 1 atom stereocenters. The van der Waals surface area contributed by atoms with Gasteiger partial charge < -0.3 is 0 Å². The second-order valence-corrected chi connectivity index (χ2v) is 6.52. The van der Waals surface area contributed by atoms with Crippen LogP contribution < -0.4 is 0 Å². The lowest BCUT2D eigenvalue weighted by molar-refractivity contribution is -0.112. The summed E-state index contributed by atoms with van der Waals surface area (Å²) >= 11 is 0. The van der Waals surface area contributed by atoms with Crippen LogP contribution >= 0.6 is 0 Å². The van der Waals surface area contributed by atoms with Crippen LogP contribution in [0.15, 0.2) is 23.8 Å². The number of hydrogen-bond acceptors (Lipinski definition) is 1. The molecule has 0 N–H and O–H groups in total. The molecule has 1 aliphatic rings. The molecule has 0 radical (unpaired) electrons. The molecule has 0 heterocycles. The Kier molecular flexibility index (Phi) is 2.91. The summed E-state index contributed by atoms with van der Waals surface area (Å²) < 4.78 is 14.7. The monoisotopic (exact) mass is 224 g/mol. The van der Waals surface area contributed by atoms with Crippen LogP contribution in [-0.2, 0) is 4.79 Å². The molecule has 1 rings (SSSR count). The third-order valence-electron chi connectivity index (χ3n) is 3.05. The predicted octanol–water partition coefficient (Wildman–Crippen LogP) is 3.85. The molecule has 0 aromatic heterocycles. The van der Waals surface area contributed by atoms with Crippen molar-refractivity contribution in [2.75, 3.05) is 0 Å². The Labute approximate surface area is 97.4 Å². The predicted molar refractivity (Wildman–Crippen MR) is 65.0 cm³/mol. The Balaban J connectivity index is 3.26. The lowest BCUT2D eigenvalue weighted by atomic mass is 9.70. The van der Waals surface area contributed by atoms with Gasteiger partial charge in [-0.25, -0.2) is 4.39 Å². The number of ketones is 1. The highest BCUT2D eigenvalue weighted by molar-refractivity contribution is 6.06. The fraction of sp³-hybridized carbons (Fsp3) is 0.643. The average molecular weight is 224 g/mol. The quantitative estimate of drug-likeness (QED) is 0.610. The largest absolute Gasteiger partial charge is 0.290 e. The number of halogens is 1. The second kappa shape index (κ2) is 3.54. The summed E-state index contributed by atoms with van der Waals surface area (Å²) in [6, 6.07) is 0. The Hall–Kier alpha value is -0.920. The van der Waals surface area contributed by atoms with Gasteiger partial charge in [0.15, 0.2) is 11.5 Å². The fourth-order valence-electron chi connectivity index (χ4n) is 1.67. The first-order valence-corrected chi connectivity index (χ1v) is 5.63. The minimum Gasteiger partial charge on any atom is -0.290 e. The van der Waals surface area contributed by atoms with Crippen molar-refractivity contribution in [2.45, 2.75) is 47.2 Å². The molecule has 90 valence electrons. The maximum atomic E-state index is 14.7. The zero-order valence-electron chi connectivity index (χ0n) is 11.0. The van der Waals surface area contributed by atoms with E-state index >= 15 is 0 Å². The summed E-state index contributed by atoms with van der Waals surface area (Å²) in [6.07, 6.45) is 4.24. The molecule has 0 aromatic rings. The fourth-order valence-corrected chi connectivity index (χ4v) is 1.67. The maximum absolute atomic E-state index is 14.7. The molecule has 0 fully saturated rings. The molecule has 1 aliphatic carbocycles. The molecule has 0 aliphatic heterocycles. The van der Waals surface area contributed by atoms with Gasteiger partial charge in [-0.1, -0.05) is 41.5 Å². The highest BCUT2D eigenvalue weighted by atomic mass is 19.1. The summed E-state index contributed by atoms with van der Waals surface area (Å²) in [6.45, 7) is 11.3. The number of carbonyl (C=O) groups excluding carboxylic acids is 1. The van der Waals surface area contributed by atoms with Gasteiger partial charge in [-0.3, -0.25) is 4.79 Å². The summed E-state index contributed by atoms with van der Waals surface area (Å²) in [5.41, 5.74) is -1.83. The Morgan fingerprint density at radius 1 is 1.12 bits per heavy atom. The SMILES string of the molecule is CC(C)(C)C1=CC(F)(C(C)(C)C)C=CC1=O. The molecule has 0 aromatic carbocycles. The Morgan fingerprint density at radius 3 is 2.00 bits per heavy atom. The van der Waals surface area contributed by atoms with E-state index in [-0.39, 0.29) is 11.2 Å². The van der Waals surface area contributed by atoms with E-state index in [0.717, 1.165) is 0 Å². The van der Waals surface area contributed by atoms with Gasteiger partial charge in [0, 0.05) is 11.0 Å². The number of carbonyl (C=O) groups is 1. The lowest BCUT2D eigenvalue weighted by Crippen LogP contribution is -2.38. The molecule has 0 amide bonds. The third-order valence-corrected chi connectivity index (χ3v) is 3.05. The van der Waals surface area contributed by atoms with Crippen LogP contribution in [-0.4, -0.2) is 11.5 Å². The number of rotatable bonds is 0. The summed E-state index contributed by atoms with van der Waals surface area (Å²) in [5, 5.41) is 0. The molecule has 0 bridgehead atoms. The van der Waals surface area contributed by atoms with Crippen LogP contribution in [0.5, 0.6) is 0 Å². The van der Waals surface area contributed by atoms with E-state index in [1.54, 1.807) is 0 Å². The summed E-state index contributed by atoms with van der Waals surface area (Å²) in [5.74, 6) is -0.0787. The first kappa shape index (κ1) is 13.1. The summed E-state index contributed by atoms with van der Waals surface area (Å²) in [7, 11) is 0. The number of hydrogen-bond donors (Lipinski definition) is 0. The van der Waals surface area contributed by atoms with Gasteiger partial charge in [0.25, 0.3) is 0 Å². The first-order valence-electron chi connectivity index (χ1n) is 5.63. The molecule has 1 nitrogen and oxygen atoms in total. The highest BCUT2D eigenvalue weighted by Crippen LogP contribution is 2.42. The van der Waals surface area contributed by atoms with Crippen LogP contribution in [0.1, 0.15) is 41.5 Å². The average Bonchev–Trinajstić information content (AvgIpc) is 2.05. The van der Waals surface area contributed by atoms with E-state index in [0.29, 0.717) is 5.57 Å². The van der Waals surface area contributed by atoms with Crippen LogP contribution in [0.25, 0.3) is 0 Å². The van der Waals surface area contributed by atoms with Crippen LogP contribution in [0, 0.1) is 10.8 Å². The smallest absolute Gasteiger partial charge is 0.181 e. The minimum atomic E-state index is -1.54. The minimum absolute atomic E-state index is 0.0787. The Morgan fingerprint density at radius 2 is 1.62 bits per heavy atom. The second-order valence-electron chi connectivity index (χ2n) is 6.52. The van der Waals surface area contributed by atoms with E-state index in [2.05, 4.69) is 0 Å². The molecule has 1 unspecified atom stereocenters. The van der Waals surface area contributed by atoms with Crippen molar-refractivity contribution in [3.05, 3.63) is 23.8 Å². The van der Waals surface area contributed by atoms with Gasteiger partial charge >= 0.3 is 0 Å². The van der Waals surface area contributed by atoms with Crippen molar-refractivity contribution in [3.8, 4) is 0 Å². The zero-order valence-corrected chi connectivity index (χ0v) is 11.0. The lowest BCUT2D eigenvalue weighted by Gasteiger charge is -2.37. The van der Waals surface area contributed by atoms with Crippen LogP contribution in [0.4, 0.5) is 4.39 Å². The van der Waals surface area contributed by atoms with Gasteiger partial charge in [0.2, 0.25) is 0 Å². The maximum Gasteiger partial charge on any atom is 0.181 e. The third kappa shape index (κ3) is 2.26. The van der Waals surface area contributed by atoms with Crippen LogP contribution in [0.2, 0.25) is 0 Å². The normalized spacial score (nSPS) is 26.9. The van der Waals surface area contributed by atoms with E-state index in [1.807, 2.05) is 41.5 Å². The molecule has 0 saturated carbocycles. The summed E-state index contributed by atoms with van der Waals surface area (Å²) in [4.78, 5) is 11.7. The number of allylic oxidation sites excluding steroid dienone is 4. The number of alkyl halides is 1. The van der Waals surface area contributed by atoms with Crippen molar-refractivity contribution >= 4 is 5.78 Å². The van der Waals surface area contributed by atoms with E-state index in [4.69, 9.17) is 0 Å². The van der Waals surface area contributed by atoms with Crippen LogP contribution in [0.3, 0.4) is 0 Å². The molecule has 0 spiro atoms. The van der Waals surface area contributed by atoms with Crippen molar-refractivity contribution in [1.29, 1.82) is 0 Å². The van der Waals surface area contributed by atoms with E-state index in [9.17, 15) is 9.18 Å². The molecule has 0 saturated heterocycles. The van der Waals surface area contributed by atoms with Gasteiger partial charge in [0.05, 0.1) is 0 Å². The van der Waals surface area contributed by atoms with Gasteiger partial charge in [-0.15, -0.1) is 0 Å². The first-order chi connectivity index (χ1) is 6.97. The van der Waals surface area contributed by atoms with E-state index in [1.165, 1.54) is 18.2 Å². The topological polar surface area (TPSA) is 17.1 Å². The van der Waals surface area contributed by atoms with Gasteiger partial charge in [0.1, 0.15) is 0 Å². The molecule has 2 heteroatoms. The van der Waals surface area contributed by atoms with Crippen molar-refractivity contribution in [3.63, 3.8) is 0 Å². The van der Waals surface area contributed by atoms with Gasteiger partial charge in [-0.2, -0.15) is 0 Å². The van der Waals surface area contributed by atoms with E-state index < -0.39 is 11.1 Å².